The molecule has 5 aromatic carbocycles. The van der Waals surface area contributed by atoms with Gasteiger partial charge in [0.25, 0.3) is 0 Å². The number of hydrogen-bond acceptors (Lipinski definition) is 4. The Morgan fingerprint density at radius 3 is 1.72 bits per heavy atom. The topological polar surface area (TPSA) is 62.5 Å². The van der Waals surface area contributed by atoms with Crippen molar-refractivity contribution in [3.05, 3.63) is 126 Å². The lowest BCUT2D eigenvalue weighted by Gasteiger charge is -2.50. The first-order valence-corrected chi connectivity index (χ1v) is 16.9. The van der Waals surface area contributed by atoms with E-state index in [0.29, 0.717) is 23.0 Å². The number of aromatic nitrogens is 3. The molecule has 0 spiro atoms. The van der Waals surface area contributed by atoms with Gasteiger partial charge in [0, 0.05) is 16.7 Å². The van der Waals surface area contributed by atoms with E-state index < -0.39 is 0 Å². The zero-order valence-electron chi connectivity index (χ0n) is 27.0. The van der Waals surface area contributed by atoms with Crippen LogP contribution in [0.25, 0.3) is 56.1 Å². The number of rotatable bonds is 5. The minimum atomic E-state index is 0.285. The summed E-state index contributed by atoms with van der Waals surface area (Å²) in [5.41, 5.74) is 7.53. The zero-order valence-corrected chi connectivity index (χ0v) is 27.0. The Morgan fingerprint density at radius 1 is 0.553 bits per heavy atom. The fourth-order valence-corrected chi connectivity index (χ4v) is 8.84. The molecule has 1 aromatic heterocycles. The molecule has 2 saturated carbocycles. The fraction of sp³-hybridized carbons (Fsp3) is 0.256. The Balaban J connectivity index is 1.23. The van der Waals surface area contributed by atoms with Crippen LogP contribution < -0.4 is 0 Å². The molecule has 4 atom stereocenters. The lowest BCUT2D eigenvalue weighted by molar-refractivity contribution is 0.0780. The van der Waals surface area contributed by atoms with Gasteiger partial charge in [0.05, 0.1) is 11.6 Å². The third-order valence-electron chi connectivity index (χ3n) is 10.5. The Labute approximate surface area is 277 Å². The normalized spacial score (nSPS) is 22.1. The quantitative estimate of drug-likeness (QED) is 0.195. The van der Waals surface area contributed by atoms with E-state index >= 15 is 0 Å². The average molecular weight is 611 g/mol. The summed E-state index contributed by atoms with van der Waals surface area (Å²) in [6, 6.07) is 42.0. The molecule has 0 aliphatic heterocycles. The Hall–Kier alpha value is -5.14. The highest BCUT2D eigenvalue weighted by molar-refractivity contribution is 6.04. The predicted molar refractivity (Wildman–Crippen MR) is 190 cm³/mol. The number of benzene rings is 5. The lowest BCUT2D eigenvalue weighted by atomic mass is 9.54. The summed E-state index contributed by atoms with van der Waals surface area (Å²) < 4.78 is 0. The second-order valence-corrected chi connectivity index (χ2v) is 14.1. The van der Waals surface area contributed by atoms with Gasteiger partial charge in [0.15, 0.2) is 17.5 Å². The molecular weight excluding hydrogens is 573 g/mol. The molecule has 0 N–H and O–H groups in total. The van der Waals surface area contributed by atoms with Crippen LogP contribution in [0.4, 0.5) is 0 Å². The molecule has 47 heavy (non-hydrogen) atoms. The second-order valence-electron chi connectivity index (χ2n) is 14.1. The van der Waals surface area contributed by atoms with E-state index in [1.807, 2.05) is 42.5 Å². The third kappa shape index (κ3) is 5.51. The monoisotopic (exact) mass is 610 g/mol. The fourth-order valence-electron chi connectivity index (χ4n) is 8.84. The van der Waals surface area contributed by atoms with Crippen LogP contribution in [-0.4, -0.2) is 15.0 Å². The van der Waals surface area contributed by atoms with Gasteiger partial charge < -0.3 is 0 Å². The van der Waals surface area contributed by atoms with E-state index in [9.17, 15) is 5.26 Å². The van der Waals surface area contributed by atoms with Crippen molar-refractivity contribution in [2.24, 2.45) is 17.8 Å². The highest BCUT2D eigenvalue weighted by Crippen LogP contribution is 2.54. The van der Waals surface area contributed by atoms with Gasteiger partial charge in [-0.1, -0.05) is 111 Å². The standard InChI is InChI=1S/C43H38N4/c1-28-22-31-23-29(2)25-43(24-28,26-31)35-18-16-34(17-19-35)41-45-40(33-8-4-3-5-9-33)46-42(47-41)39-21-20-36(37-10-6-7-11-38(37)39)32-14-12-30(27-44)13-15-32/h3-21,28-29,31H,22-26H2,1-2H3/t28-,29+,31-,43?. The van der Waals surface area contributed by atoms with Gasteiger partial charge >= 0.3 is 0 Å². The first-order chi connectivity index (χ1) is 23.0. The van der Waals surface area contributed by atoms with Crippen molar-refractivity contribution < 1.29 is 0 Å². The maximum Gasteiger partial charge on any atom is 0.164 e. The summed E-state index contributed by atoms with van der Waals surface area (Å²) in [6.07, 6.45) is 6.65. The van der Waals surface area contributed by atoms with Crippen molar-refractivity contribution in [3.8, 4) is 51.4 Å². The molecule has 4 nitrogen and oxygen atoms in total. The molecule has 4 heteroatoms. The summed E-state index contributed by atoms with van der Waals surface area (Å²) in [4.78, 5) is 15.2. The molecule has 1 heterocycles. The van der Waals surface area contributed by atoms with Crippen LogP contribution in [0.5, 0.6) is 0 Å². The van der Waals surface area contributed by atoms with Crippen molar-refractivity contribution in [1.82, 2.24) is 15.0 Å². The van der Waals surface area contributed by atoms with Crippen molar-refractivity contribution in [2.75, 3.05) is 0 Å². The van der Waals surface area contributed by atoms with E-state index in [1.165, 1.54) is 37.7 Å². The van der Waals surface area contributed by atoms with Crippen molar-refractivity contribution >= 4 is 10.8 Å². The van der Waals surface area contributed by atoms with Crippen LogP contribution >= 0.6 is 0 Å². The lowest BCUT2D eigenvalue weighted by Crippen LogP contribution is -2.42. The SMILES string of the molecule is C[C@@H]1C[C@@H]2C[C@H](C)CC(c3ccc(-c4nc(-c5ccccc5)nc(-c5ccc(-c6ccc(C#N)cc6)c6ccccc56)n4)cc3)(C1)C2. The average Bonchev–Trinajstić information content (AvgIpc) is 3.11. The van der Waals surface area contributed by atoms with Gasteiger partial charge in [-0.3, -0.25) is 0 Å². The molecule has 0 saturated heterocycles. The first-order valence-electron chi connectivity index (χ1n) is 16.9. The molecule has 6 aromatic rings. The Bertz CT molecular complexity index is 2090. The Kier molecular flexibility index (Phi) is 7.41. The van der Waals surface area contributed by atoms with E-state index in [0.717, 1.165) is 56.3 Å². The molecule has 230 valence electrons. The number of hydrogen-bond donors (Lipinski definition) is 0. The molecule has 8 rings (SSSR count). The zero-order chi connectivity index (χ0) is 32.0. The van der Waals surface area contributed by atoms with Gasteiger partial charge in [-0.25, -0.2) is 15.0 Å². The molecule has 1 unspecified atom stereocenters. The molecule has 2 aliphatic carbocycles. The summed E-state index contributed by atoms with van der Waals surface area (Å²) in [6.45, 7) is 4.90. The van der Waals surface area contributed by atoms with Crippen molar-refractivity contribution in [1.29, 1.82) is 5.26 Å². The van der Waals surface area contributed by atoms with Gasteiger partial charge in [-0.05, 0) is 101 Å². The largest absolute Gasteiger partial charge is 0.208 e. The second kappa shape index (κ2) is 11.9. The summed E-state index contributed by atoms with van der Waals surface area (Å²) in [5, 5.41) is 11.5. The minimum absolute atomic E-state index is 0.285. The van der Waals surface area contributed by atoms with E-state index in [2.05, 4.69) is 92.7 Å². The molecular formula is C43H38N4. The van der Waals surface area contributed by atoms with Gasteiger partial charge in [0.1, 0.15) is 0 Å². The van der Waals surface area contributed by atoms with Gasteiger partial charge in [-0.15, -0.1) is 0 Å². The van der Waals surface area contributed by atoms with E-state index in [1.54, 1.807) is 0 Å². The summed E-state index contributed by atoms with van der Waals surface area (Å²) >= 11 is 0. The van der Waals surface area contributed by atoms with E-state index in [4.69, 9.17) is 15.0 Å². The third-order valence-corrected chi connectivity index (χ3v) is 10.5. The maximum absolute atomic E-state index is 9.30. The van der Waals surface area contributed by atoms with Crippen LogP contribution in [0.3, 0.4) is 0 Å². The number of nitriles is 1. The number of fused-ring (bicyclic) bond motifs is 3. The van der Waals surface area contributed by atoms with Crippen LogP contribution in [0.1, 0.15) is 57.1 Å². The van der Waals surface area contributed by atoms with Gasteiger partial charge in [-0.2, -0.15) is 5.26 Å². The summed E-state index contributed by atoms with van der Waals surface area (Å²) in [5.74, 6) is 4.41. The highest BCUT2D eigenvalue weighted by Gasteiger charge is 2.45. The molecule has 2 aliphatic rings. The van der Waals surface area contributed by atoms with E-state index in [-0.39, 0.29) is 5.41 Å². The predicted octanol–water partition coefficient (Wildman–Crippen LogP) is 10.7. The highest BCUT2D eigenvalue weighted by atomic mass is 15.0. The first kappa shape index (κ1) is 29.3. The van der Waals surface area contributed by atoms with Crippen molar-refractivity contribution in [3.63, 3.8) is 0 Å². The van der Waals surface area contributed by atoms with Crippen LogP contribution in [0.15, 0.2) is 115 Å². The molecule has 2 bridgehead atoms. The molecule has 0 amide bonds. The minimum Gasteiger partial charge on any atom is -0.208 e. The van der Waals surface area contributed by atoms with Crippen LogP contribution in [0.2, 0.25) is 0 Å². The van der Waals surface area contributed by atoms with Crippen LogP contribution in [0, 0.1) is 29.1 Å². The Morgan fingerprint density at radius 2 is 1.09 bits per heavy atom. The van der Waals surface area contributed by atoms with Crippen LogP contribution in [-0.2, 0) is 5.41 Å². The number of nitrogens with zero attached hydrogens (tertiary/aromatic N) is 4. The maximum atomic E-state index is 9.30. The summed E-state index contributed by atoms with van der Waals surface area (Å²) in [7, 11) is 0. The molecule has 0 radical (unpaired) electrons. The van der Waals surface area contributed by atoms with Gasteiger partial charge in [0.2, 0.25) is 0 Å². The smallest absolute Gasteiger partial charge is 0.164 e. The van der Waals surface area contributed by atoms with Crippen molar-refractivity contribution in [2.45, 2.75) is 51.4 Å². The molecule has 2 fully saturated rings.